The highest BCUT2D eigenvalue weighted by atomic mass is 16.4. The van der Waals surface area contributed by atoms with Crippen LogP contribution in [0.15, 0.2) is 0 Å². The maximum Gasteiger partial charge on any atom is 0.317 e. The minimum atomic E-state index is -0.849. The van der Waals surface area contributed by atoms with Gasteiger partial charge in [-0.3, -0.25) is 4.79 Å². The van der Waals surface area contributed by atoms with E-state index in [0.717, 1.165) is 19.4 Å². The predicted octanol–water partition coefficient (Wildman–Crippen LogP) is 1.93. The molecule has 0 bridgehead atoms. The number of carbonyl (C=O) groups is 2. The van der Waals surface area contributed by atoms with E-state index >= 15 is 0 Å². The van der Waals surface area contributed by atoms with Crippen LogP contribution in [0.5, 0.6) is 0 Å². The van der Waals surface area contributed by atoms with Crippen molar-refractivity contribution in [3.8, 4) is 0 Å². The molecular weight excluding hydrogens is 232 g/mol. The van der Waals surface area contributed by atoms with Crippen molar-refractivity contribution in [3.63, 3.8) is 0 Å². The summed E-state index contributed by atoms with van der Waals surface area (Å²) >= 11 is 0. The molecule has 0 aromatic carbocycles. The van der Waals surface area contributed by atoms with Crippen molar-refractivity contribution < 1.29 is 14.7 Å². The fourth-order valence-electron chi connectivity index (χ4n) is 2.34. The molecule has 18 heavy (non-hydrogen) atoms. The lowest BCUT2D eigenvalue weighted by atomic mass is 9.92. The van der Waals surface area contributed by atoms with E-state index in [-0.39, 0.29) is 18.6 Å². The van der Waals surface area contributed by atoms with Gasteiger partial charge in [-0.1, -0.05) is 13.8 Å². The van der Waals surface area contributed by atoms with Gasteiger partial charge in [-0.05, 0) is 32.1 Å². The second kappa shape index (κ2) is 6.61. The van der Waals surface area contributed by atoms with Crippen LogP contribution in [0.2, 0.25) is 0 Å². The van der Waals surface area contributed by atoms with Gasteiger partial charge in [0.25, 0.3) is 0 Å². The average Bonchev–Trinajstić information content (AvgIpc) is 2.32. The number of nitrogens with one attached hydrogen (secondary N) is 1. The van der Waals surface area contributed by atoms with Crippen LogP contribution in [-0.2, 0) is 4.79 Å². The Kier molecular flexibility index (Phi) is 5.44. The quantitative estimate of drug-likeness (QED) is 0.807. The van der Waals surface area contributed by atoms with Gasteiger partial charge in [0, 0.05) is 19.1 Å². The first kappa shape index (κ1) is 14.8. The Bertz CT molecular complexity index is 307. The summed E-state index contributed by atoms with van der Waals surface area (Å²) in [6.45, 7) is 6.99. The molecule has 0 aromatic heterocycles. The Morgan fingerprint density at radius 3 is 2.67 bits per heavy atom. The van der Waals surface area contributed by atoms with Crippen LogP contribution in [0.4, 0.5) is 4.79 Å². The molecule has 3 atom stereocenters. The van der Waals surface area contributed by atoms with Gasteiger partial charge in [0.2, 0.25) is 0 Å². The van der Waals surface area contributed by atoms with E-state index in [1.807, 2.05) is 11.8 Å². The largest absolute Gasteiger partial charge is 0.481 e. The standard InChI is InChI=1S/C13H24N2O3/c1-4-11(12(16)17)8-14-13(18)15-7-5-6-9(2)10(15)3/h9-11H,4-8H2,1-3H3,(H,14,18)(H,16,17). The van der Waals surface area contributed by atoms with Gasteiger partial charge in [-0.2, -0.15) is 0 Å². The monoisotopic (exact) mass is 256 g/mol. The highest BCUT2D eigenvalue weighted by Gasteiger charge is 2.28. The predicted molar refractivity (Wildman–Crippen MR) is 69.4 cm³/mol. The van der Waals surface area contributed by atoms with Gasteiger partial charge in [0.05, 0.1) is 5.92 Å². The molecule has 0 saturated carbocycles. The van der Waals surface area contributed by atoms with Gasteiger partial charge >= 0.3 is 12.0 Å². The molecule has 0 spiro atoms. The zero-order chi connectivity index (χ0) is 13.7. The first-order valence-corrected chi connectivity index (χ1v) is 6.74. The summed E-state index contributed by atoms with van der Waals surface area (Å²) in [4.78, 5) is 24.7. The van der Waals surface area contributed by atoms with Crippen LogP contribution < -0.4 is 5.32 Å². The molecule has 104 valence electrons. The van der Waals surface area contributed by atoms with Gasteiger partial charge in [0.15, 0.2) is 0 Å². The van der Waals surface area contributed by atoms with E-state index in [1.165, 1.54) is 0 Å². The molecule has 1 aliphatic rings. The van der Waals surface area contributed by atoms with E-state index in [9.17, 15) is 9.59 Å². The lowest BCUT2D eigenvalue weighted by molar-refractivity contribution is -0.141. The van der Waals surface area contributed by atoms with Crippen LogP contribution in [0.25, 0.3) is 0 Å². The van der Waals surface area contributed by atoms with Crippen molar-refractivity contribution in [1.29, 1.82) is 0 Å². The number of amides is 2. The number of likely N-dealkylation sites (tertiary alicyclic amines) is 1. The number of hydrogen-bond donors (Lipinski definition) is 2. The summed E-state index contributed by atoms with van der Waals surface area (Å²) in [6.07, 6.45) is 2.70. The third-order valence-corrected chi connectivity index (χ3v) is 3.98. The maximum absolute atomic E-state index is 12.0. The lowest BCUT2D eigenvalue weighted by Crippen LogP contribution is -2.51. The number of carboxylic acid groups (broad SMARTS) is 1. The zero-order valence-electron chi connectivity index (χ0n) is 11.5. The molecule has 2 amide bonds. The fourth-order valence-corrected chi connectivity index (χ4v) is 2.34. The smallest absolute Gasteiger partial charge is 0.317 e. The minimum absolute atomic E-state index is 0.131. The van der Waals surface area contributed by atoms with Crippen LogP contribution >= 0.6 is 0 Å². The molecule has 5 heteroatoms. The van der Waals surface area contributed by atoms with E-state index < -0.39 is 11.9 Å². The SMILES string of the molecule is CCC(CNC(=O)N1CCCC(C)C1C)C(=O)O. The minimum Gasteiger partial charge on any atom is -0.481 e. The van der Waals surface area contributed by atoms with E-state index in [4.69, 9.17) is 5.11 Å². The molecule has 1 saturated heterocycles. The third-order valence-electron chi connectivity index (χ3n) is 3.98. The van der Waals surface area contributed by atoms with Crippen LogP contribution in [0, 0.1) is 11.8 Å². The Morgan fingerprint density at radius 2 is 2.11 bits per heavy atom. The highest BCUT2D eigenvalue weighted by molar-refractivity contribution is 5.76. The number of hydrogen-bond acceptors (Lipinski definition) is 2. The molecule has 1 fully saturated rings. The first-order chi connectivity index (χ1) is 8.47. The molecule has 3 unspecified atom stereocenters. The van der Waals surface area contributed by atoms with Crippen LogP contribution in [-0.4, -0.2) is 41.1 Å². The number of nitrogens with zero attached hydrogens (tertiary/aromatic N) is 1. The summed E-state index contributed by atoms with van der Waals surface area (Å²) in [7, 11) is 0. The molecular formula is C13H24N2O3. The molecule has 1 rings (SSSR count). The third kappa shape index (κ3) is 3.62. The second-order valence-corrected chi connectivity index (χ2v) is 5.18. The number of carboxylic acids is 1. The molecule has 0 radical (unpaired) electrons. The topological polar surface area (TPSA) is 69.6 Å². The maximum atomic E-state index is 12.0. The molecule has 0 aliphatic carbocycles. The fraction of sp³-hybridized carbons (Fsp3) is 0.846. The Labute approximate surface area is 109 Å². The van der Waals surface area contributed by atoms with Crippen LogP contribution in [0.3, 0.4) is 0 Å². The number of piperidine rings is 1. The van der Waals surface area contributed by atoms with E-state index in [2.05, 4.69) is 19.2 Å². The van der Waals surface area contributed by atoms with Crippen molar-refractivity contribution in [2.24, 2.45) is 11.8 Å². The Hall–Kier alpha value is -1.26. The lowest BCUT2D eigenvalue weighted by Gasteiger charge is -2.38. The molecule has 5 nitrogen and oxygen atoms in total. The Balaban J connectivity index is 2.47. The molecule has 0 aromatic rings. The summed E-state index contributed by atoms with van der Waals surface area (Å²) in [5, 5.41) is 11.7. The molecule has 1 heterocycles. The second-order valence-electron chi connectivity index (χ2n) is 5.18. The Morgan fingerprint density at radius 1 is 1.44 bits per heavy atom. The first-order valence-electron chi connectivity index (χ1n) is 6.74. The summed E-state index contributed by atoms with van der Waals surface area (Å²) < 4.78 is 0. The normalized spacial score (nSPS) is 25.6. The van der Waals surface area contributed by atoms with Gasteiger partial charge in [-0.15, -0.1) is 0 Å². The number of urea groups is 1. The zero-order valence-corrected chi connectivity index (χ0v) is 11.5. The van der Waals surface area contributed by atoms with E-state index in [0.29, 0.717) is 12.3 Å². The van der Waals surface area contributed by atoms with Gasteiger partial charge in [0.1, 0.15) is 0 Å². The van der Waals surface area contributed by atoms with Crippen molar-refractivity contribution >= 4 is 12.0 Å². The number of carbonyl (C=O) groups excluding carboxylic acids is 1. The van der Waals surface area contributed by atoms with Crippen molar-refractivity contribution in [3.05, 3.63) is 0 Å². The molecule has 2 N–H and O–H groups in total. The van der Waals surface area contributed by atoms with Crippen molar-refractivity contribution in [2.45, 2.75) is 46.1 Å². The summed E-state index contributed by atoms with van der Waals surface area (Å²) in [5.74, 6) is -0.838. The highest BCUT2D eigenvalue weighted by Crippen LogP contribution is 2.22. The van der Waals surface area contributed by atoms with Gasteiger partial charge in [-0.25, -0.2) is 4.79 Å². The average molecular weight is 256 g/mol. The van der Waals surface area contributed by atoms with Crippen LogP contribution in [0.1, 0.15) is 40.0 Å². The summed E-state index contributed by atoms with van der Waals surface area (Å²) in [6, 6.07) is 0.0948. The number of rotatable bonds is 4. The van der Waals surface area contributed by atoms with Gasteiger partial charge < -0.3 is 15.3 Å². The van der Waals surface area contributed by atoms with Crippen molar-refractivity contribution in [1.82, 2.24) is 10.2 Å². The summed E-state index contributed by atoms with van der Waals surface area (Å²) in [5.41, 5.74) is 0. The molecule has 1 aliphatic heterocycles. The number of aliphatic carboxylic acids is 1. The van der Waals surface area contributed by atoms with Crippen molar-refractivity contribution in [2.75, 3.05) is 13.1 Å². The van der Waals surface area contributed by atoms with E-state index in [1.54, 1.807) is 0 Å².